The lowest BCUT2D eigenvalue weighted by molar-refractivity contribution is 0.121. The van der Waals surface area contributed by atoms with E-state index in [9.17, 15) is 0 Å². The van der Waals surface area contributed by atoms with Crippen molar-refractivity contribution in [1.82, 2.24) is 10.2 Å². The fourth-order valence-electron chi connectivity index (χ4n) is 3.07. The molecule has 4 heteroatoms. The van der Waals surface area contributed by atoms with Crippen molar-refractivity contribution < 1.29 is 9.47 Å². The molecule has 1 aliphatic rings. The van der Waals surface area contributed by atoms with Crippen LogP contribution in [-0.4, -0.2) is 44.8 Å². The van der Waals surface area contributed by atoms with Gasteiger partial charge in [-0.05, 0) is 44.0 Å². The summed E-state index contributed by atoms with van der Waals surface area (Å²) in [4.78, 5) is 2.44. The Labute approximate surface area is 128 Å². The molecule has 0 radical (unpaired) electrons. The molecule has 1 fully saturated rings. The number of benzene rings is 1. The average molecular weight is 292 g/mol. The van der Waals surface area contributed by atoms with Crippen LogP contribution in [0, 0.1) is 5.92 Å². The van der Waals surface area contributed by atoms with Gasteiger partial charge in [-0.25, -0.2) is 0 Å². The summed E-state index contributed by atoms with van der Waals surface area (Å²) in [7, 11) is 5.55. The molecule has 1 N–H and O–H groups in total. The number of nitrogens with zero attached hydrogens (tertiary/aromatic N) is 1. The number of nitrogens with one attached hydrogen (secondary N) is 1. The normalized spacial score (nSPS) is 26.6. The van der Waals surface area contributed by atoms with Crippen LogP contribution in [0.4, 0.5) is 0 Å². The molecule has 0 amide bonds. The van der Waals surface area contributed by atoms with E-state index in [0.29, 0.717) is 18.0 Å². The van der Waals surface area contributed by atoms with Gasteiger partial charge in [-0.2, -0.15) is 0 Å². The summed E-state index contributed by atoms with van der Waals surface area (Å²) in [5, 5.41) is 3.70. The fourth-order valence-corrected chi connectivity index (χ4v) is 3.07. The van der Waals surface area contributed by atoms with Crippen LogP contribution in [0.15, 0.2) is 18.2 Å². The average Bonchev–Trinajstić information content (AvgIpc) is 2.49. The van der Waals surface area contributed by atoms with Gasteiger partial charge in [0.1, 0.15) is 0 Å². The van der Waals surface area contributed by atoms with Gasteiger partial charge in [-0.15, -0.1) is 0 Å². The molecule has 3 atom stereocenters. The first-order chi connectivity index (χ1) is 10.0. The van der Waals surface area contributed by atoms with Gasteiger partial charge in [0, 0.05) is 25.2 Å². The Morgan fingerprint density at radius 2 is 1.90 bits per heavy atom. The van der Waals surface area contributed by atoms with Gasteiger partial charge in [0.15, 0.2) is 11.5 Å². The maximum atomic E-state index is 5.36. The molecular formula is C17H28N2O2. The van der Waals surface area contributed by atoms with E-state index in [-0.39, 0.29) is 0 Å². The highest BCUT2D eigenvalue weighted by molar-refractivity contribution is 5.42. The van der Waals surface area contributed by atoms with Crippen LogP contribution in [-0.2, 0) is 6.54 Å². The van der Waals surface area contributed by atoms with E-state index in [4.69, 9.17) is 9.47 Å². The van der Waals surface area contributed by atoms with Crippen LogP contribution in [0.25, 0.3) is 0 Å². The van der Waals surface area contributed by atoms with Crippen LogP contribution in [0.5, 0.6) is 11.5 Å². The van der Waals surface area contributed by atoms with Gasteiger partial charge in [0.05, 0.1) is 14.2 Å². The number of piperidine rings is 1. The summed E-state index contributed by atoms with van der Waals surface area (Å²) in [5.41, 5.74) is 1.23. The lowest BCUT2D eigenvalue weighted by Gasteiger charge is -2.40. The molecule has 0 spiro atoms. The van der Waals surface area contributed by atoms with Crippen molar-refractivity contribution in [3.8, 4) is 11.5 Å². The first-order valence-electron chi connectivity index (χ1n) is 7.69. The van der Waals surface area contributed by atoms with Crippen molar-refractivity contribution in [2.75, 3.05) is 27.8 Å². The zero-order valence-corrected chi connectivity index (χ0v) is 13.8. The second kappa shape index (κ2) is 7.14. The second-order valence-corrected chi connectivity index (χ2v) is 6.18. The monoisotopic (exact) mass is 292 g/mol. The first-order valence-corrected chi connectivity index (χ1v) is 7.69. The van der Waals surface area contributed by atoms with E-state index in [1.807, 2.05) is 6.07 Å². The number of likely N-dealkylation sites (tertiary alicyclic amines) is 1. The Balaban J connectivity index is 1.96. The zero-order chi connectivity index (χ0) is 15.4. The summed E-state index contributed by atoms with van der Waals surface area (Å²) >= 11 is 0. The Hall–Kier alpha value is -1.26. The van der Waals surface area contributed by atoms with Crippen molar-refractivity contribution in [2.24, 2.45) is 5.92 Å². The highest BCUT2D eigenvalue weighted by atomic mass is 16.5. The molecule has 1 heterocycles. The highest BCUT2D eigenvalue weighted by Crippen LogP contribution is 2.28. The molecule has 1 saturated heterocycles. The highest BCUT2D eigenvalue weighted by Gasteiger charge is 2.28. The molecule has 0 saturated carbocycles. The number of hydrogen-bond donors (Lipinski definition) is 1. The molecule has 1 aliphatic heterocycles. The quantitative estimate of drug-likeness (QED) is 0.904. The summed E-state index contributed by atoms with van der Waals surface area (Å²) in [6.07, 6.45) is 1.20. The van der Waals surface area contributed by atoms with E-state index >= 15 is 0 Å². The SMILES string of the molecule is COc1ccc(CN[C@H]2C[C@H](C)N(C)C[C@@H]2C)cc1OC. The van der Waals surface area contributed by atoms with Crippen LogP contribution in [0.2, 0.25) is 0 Å². The predicted molar refractivity (Wildman–Crippen MR) is 86.0 cm³/mol. The van der Waals surface area contributed by atoms with Crippen molar-refractivity contribution in [1.29, 1.82) is 0 Å². The van der Waals surface area contributed by atoms with Crippen LogP contribution in [0.1, 0.15) is 25.8 Å². The molecule has 1 aromatic carbocycles. The predicted octanol–water partition coefficient (Wildman–Crippen LogP) is 2.52. The summed E-state index contributed by atoms with van der Waals surface area (Å²) in [6, 6.07) is 7.33. The van der Waals surface area contributed by atoms with E-state index in [1.54, 1.807) is 14.2 Å². The third-order valence-electron chi connectivity index (χ3n) is 4.63. The maximum absolute atomic E-state index is 5.36. The van der Waals surface area contributed by atoms with Crippen LogP contribution < -0.4 is 14.8 Å². The molecule has 0 unspecified atom stereocenters. The molecule has 21 heavy (non-hydrogen) atoms. The fraction of sp³-hybridized carbons (Fsp3) is 0.647. The summed E-state index contributed by atoms with van der Waals surface area (Å²) in [6.45, 7) is 6.65. The van der Waals surface area contributed by atoms with Gasteiger partial charge in [-0.3, -0.25) is 0 Å². The number of rotatable bonds is 5. The molecule has 4 nitrogen and oxygen atoms in total. The third-order valence-corrected chi connectivity index (χ3v) is 4.63. The van der Waals surface area contributed by atoms with Gasteiger partial charge in [-0.1, -0.05) is 13.0 Å². The van der Waals surface area contributed by atoms with Crippen LogP contribution in [0.3, 0.4) is 0 Å². The molecule has 2 rings (SSSR count). The van der Waals surface area contributed by atoms with Gasteiger partial charge >= 0.3 is 0 Å². The van der Waals surface area contributed by atoms with Crippen molar-refractivity contribution in [3.05, 3.63) is 23.8 Å². The summed E-state index contributed by atoms with van der Waals surface area (Å²) in [5.74, 6) is 2.25. The third kappa shape index (κ3) is 3.89. The van der Waals surface area contributed by atoms with Crippen LogP contribution >= 0.6 is 0 Å². The topological polar surface area (TPSA) is 33.7 Å². The first kappa shape index (κ1) is 16.1. The summed E-state index contributed by atoms with van der Waals surface area (Å²) < 4.78 is 10.6. The molecular weight excluding hydrogens is 264 g/mol. The van der Waals surface area contributed by atoms with E-state index in [1.165, 1.54) is 12.0 Å². The van der Waals surface area contributed by atoms with Crippen molar-refractivity contribution >= 4 is 0 Å². The van der Waals surface area contributed by atoms with Crippen molar-refractivity contribution in [2.45, 2.75) is 38.9 Å². The van der Waals surface area contributed by atoms with Gasteiger partial charge in [0.2, 0.25) is 0 Å². The minimum atomic E-state index is 0.573. The van der Waals surface area contributed by atoms with E-state index in [0.717, 1.165) is 24.6 Å². The Kier molecular flexibility index (Phi) is 5.48. The number of hydrogen-bond acceptors (Lipinski definition) is 4. The minimum Gasteiger partial charge on any atom is -0.493 e. The standard InChI is InChI=1S/C17H28N2O2/c1-12-11-19(3)13(2)8-15(12)18-10-14-6-7-16(20-4)17(9-14)21-5/h6-7,9,12-13,15,18H,8,10-11H2,1-5H3/t12-,13-,15-/m0/s1. The molecule has 0 aromatic heterocycles. The molecule has 118 valence electrons. The second-order valence-electron chi connectivity index (χ2n) is 6.18. The zero-order valence-electron chi connectivity index (χ0n) is 13.8. The van der Waals surface area contributed by atoms with Gasteiger partial charge in [0.25, 0.3) is 0 Å². The lowest BCUT2D eigenvalue weighted by Crippen LogP contribution is -2.50. The Bertz CT molecular complexity index is 464. The minimum absolute atomic E-state index is 0.573. The molecule has 0 bridgehead atoms. The smallest absolute Gasteiger partial charge is 0.161 e. The number of ether oxygens (including phenoxy) is 2. The Morgan fingerprint density at radius 1 is 1.19 bits per heavy atom. The molecule has 0 aliphatic carbocycles. The van der Waals surface area contributed by atoms with Gasteiger partial charge < -0.3 is 19.7 Å². The van der Waals surface area contributed by atoms with Crippen molar-refractivity contribution in [3.63, 3.8) is 0 Å². The number of methoxy groups -OCH3 is 2. The van der Waals surface area contributed by atoms with E-state index in [2.05, 4.69) is 43.2 Å². The maximum Gasteiger partial charge on any atom is 0.161 e. The Morgan fingerprint density at radius 3 is 2.57 bits per heavy atom. The lowest BCUT2D eigenvalue weighted by atomic mass is 9.89. The van der Waals surface area contributed by atoms with E-state index < -0.39 is 0 Å². The largest absolute Gasteiger partial charge is 0.493 e. The molecule has 1 aromatic rings.